The van der Waals surface area contributed by atoms with E-state index >= 15 is 0 Å². The van der Waals surface area contributed by atoms with Gasteiger partial charge in [-0.3, -0.25) is 4.79 Å². The van der Waals surface area contributed by atoms with Crippen LogP contribution < -0.4 is 20.1 Å². The Morgan fingerprint density at radius 3 is 2.74 bits per heavy atom. The summed E-state index contributed by atoms with van der Waals surface area (Å²) in [7, 11) is 3.45. The zero-order chi connectivity index (χ0) is 14.1. The van der Waals surface area contributed by atoms with Gasteiger partial charge in [0, 0.05) is 18.2 Å². The first kappa shape index (κ1) is 15.3. The second-order valence-electron chi connectivity index (χ2n) is 4.05. The molecule has 106 valence electrons. The van der Waals surface area contributed by atoms with Crippen LogP contribution in [0.1, 0.15) is 19.8 Å². The van der Waals surface area contributed by atoms with E-state index in [1.165, 1.54) is 0 Å². The van der Waals surface area contributed by atoms with Crippen LogP contribution >= 0.6 is 0 Å². The first-order valence-corrected chi connectivity index (χ1v) is 6.46. The second kappa shape index (κ2) is 8.37. The molecule has 5 nitrogen and oxygen atoms in total. The van der Waals surface area contributed by atoms with Crippen LogP contribution in [0.25, 0.3) is 0 Å². The van der Waals surface area contributed by atoms with Gasteiger partial charge >= 0.3 is 0 Å². The Hall–Kier alpha value is -1.75. The molecule has 0 aliphatic heterocycles. The van der Waals surface area contributed by atoms with Crippen molar-refractivity contribution < 1.29 is 14.3 Å². The van der Waals surface area contributed by atoms with E-state index in [1.54, 1.807) is 19.2 Å². The van der Waals surface area contributed by atoms with Gasteiger partial charge < -0.3 is 20.1 Å². The van der Waals surface area contributed by atoms with E-state index in [4.69, 9.17) is 9.47 Å². The topological polar surface area (TPSA) is 59.6 Å². The summed E-state index contributed by atoms with van der Waals surface area (Å²) in [4.78, 5) is 11.7. The number of amides is 1. The molecule has 1 aromatic rings. The van der Waals surface area contributed by atoms with Crippen LogP contribution in [-0.4, -0.2) is 33.2 Å². The van der Waals surface area contributed by atoms with E-state index < -0.39 is 0 Å². The zero-order valence-electron chi connectivity index (χ0n) is 11.8. The van der Waals surface area contributed by atoms with Crippen LogP contribution in [-0.2, 0) is 4.79 Å². The Bertz CT molecular complexity index is 408. The van der Waals surface area contributed by atoms with Crippen LogP contribution in [0.2, 0.25) is 0 Å². The molecule has 2 N–H and O–H groups in total. The van der Waals surface area contributed by atoms with Gasteiger partial charge in [0.2, 0.25) is 5.91 Å². The lowest BCUT2D eigenvalue weighted by Crippen LogP contribution is -2.15. The van der Waals surface area contributed by atoms with Gasteiger partial charge in [0.1, 0.15) is 0 Å². The quantitative estimate of drug-likeness (QED) is 0.707. The number of rotatable bonds is 8. The Kier molecular flexibility index (Phi) is 6.74. The predicted molar refractivity (Wildman–Crippen MR) is 76.0 cm³/mol. The van der Waals surface area contributed by atoms with E-state index in [-0.39, 0.29) is 5.91 Å². The maximum Gasteiger partial charge on any atom is 0.224 e. The van der Waals surface area contributed by atoms with E-state index in [0.717, 1.165) is 18.7 Å². The maximum atomic E-state index is 11.7. The number of carbonyl (C=O) groups excluding carboxylic acids is 1. The summed E-state index contributed by atoms with van der Waals surface area (Å²) in [5.74, 6) is 1.30. The SMILES string of the molecule is CCOc1ccc(NC(=O)CCCNC)cc1OC. The first-order chi connectivity index (χ1) is 9.21. The third kappa shape index (κ3) is 5.18. The smallest absolute Gasteiger partial charge is 0.224 e. The Morgan fingerprint density at radius 2 is 2.11 bits per heavy atom. The van der Waals surface area contributed by atoms with Gasteiger partial charge in [-0.1, -0.05) is 0 Å². The number of anilines is 1. The number of benzene rings is 1. The van der Waals surface area contributed by atoms with Crippen LogP contribution in [0.4, 0.5) is 5.69 Å². The van der Waals surface area contributed by atoms with Gasteiger partial charge in [0.05, 0.1) is 13.7 Å². The third-order valence-corrected chi connectivity index (χ3v) is 2.58. The molecule has 0 bridgehead atoms. The fourth-order valence-electron chi connectivity index (χ4n) is 1.67. The largest absolute Gasteiger partial charge is 0.493 e. The lowest BCUT2D eigenvalue weighted by molar-refractivity contribution is -0.116. The number of nitrogens with one attached hydrogen (secondary N) is 2. The van der Waals surface area contributed by atoms with Gasteiger partial charge in [-0.15, -0.1) is 0 Å². The molecule has 0 saturated heterocycles. The van der Waals surface area contributed by atoms with Crippen molar-refractivity contribution in [2.24, 2.45) is 0 Å². The second-order valence-corrected chi connectivity index (χ2v) is 4.05. The highest BCUT2D eigenvalue weighted by Crippen LogP contribution is 2.30. The van der Waals surface area contributed by atoms with Gasteiger partial charge in [-0.25, -0.2) is 0 Å². The van der Waals surface area contributed by atoms with Crippen molar-refractivity contribution in [3.63, 3.8) is 0 Å². The zero-order valence-corrected chi connectivity index (χ0v) is 11.8. The molecule has 0 aromatic heterocycles. The van der Waals surface area contributed by atoms with Gasteiger partial charge in [-0.05, 0) is 39.1 Å². The van der Waals surface area contributed by atoms with Crippen molar-refractivity contribution in [1.82, 2.24) is 5.32 Å². The van der Waals surface area contributed by atoms with Gasteiger partial charge in [0.25, 0.3) is 0 Å². The fourth-order valence-corrected chi connectivity index (χ4v) is 1.67. The van der Waals surface area contributed by atoms with E-state index in [0.29, 0.717) is 24.5 Å². The van der Waals surface area contributed by atoms with Crippen LogP contribution in [0.5, 0.6) is 11.5 Å². The van der Waals surface area contributed by atoms with Crippen molar-refractivity contribution in [2.45, 2.75) is 19.8 Å². The van der Waals surface area contributed by atoms with Crippen molar-refractivity contribution in [2.75, 3.05) is 32.6 Å². The maximum absolute atomic E-state index is 11.7. The molecule has 1 amide bonds. The highest BCUT2D eigenvalue weighted by molar-refractivity contribution is 5.91. The number of hydrogen-bond acceptors (Lipinski definition) is 4. The number of hydrogen-bond donors (Lipinski definition) is 2. The summed E-state index contributed by atoms with van der Waals surface area (Å²) in [6, 6.07) is 5.37. The molecule has 1 aromatic carbocycles. The Morgan fingerprint density at radius 1 is 1.32 bits per heavy atom. The van der Waals surface area contributed by atoms with Crippen molar-refractivity contribution >= 4 is 11.6 Å². The minimum Gasteiger partial charge on any atom is -0.493 e. The molecule has 0 fully saturated rings. The Labute approximate surface area is 114 Å². The molecular formula is C14H22N2O3. The summed E-state index contributed by atoms with van der Waals surface area (Å²) < 4.78 is 10.7. The van der Waals surface area contributed by atoms with E-state index in [2.05, 4.69) is 10.6 Å². The molecule has 19 heavy (non-hydrogen) atoms. The molecule has 0 heterocycles. The van der Waals surface area contributed by atoms with Crippen molar-refractivity contribution in [3.8, 4) is 11.5 Å². The lowest BCUT2D eigenvalue weighted by Gasteiger charge is -2.11. The summed E-state index contributed by atoms with van der Waals surface area (Å²) in [5, 5.41) is 5.85. The molecule has 0 aliphatic carbocycles. The van der Waals surface area contributed by atoms with Crippen LogP contribution in [0, 0.1) is 0 Å². The molecule has 0 aliphatic rings. The third-order valence-electron chi connectivity index (χ3n) is 2.58. The fraction of sp³-hybridized carbons (Fsp3) is 0.500. The standard InChI is InChI=1S/C14H22N2O3/c1-4-19-12-8-7-11(10-13(12)18-3)16-14(17)6-5-9-15-2/h7-8,10,15H,4-6,9H2,1-3H3,(H,16,17). The molecule has 1 rings (SSSR count). The molecular weight excluding hydrogens is 244 g/mol. The number of ether oxygens (including phenoxy) is 2. The molecule has 0 radical (unpaired) electrons. The summed E-state index contributed by atoms with van der Waals surface area (Å²) in [6.07, 6.45) is 1.31. The Balaban J connectivity index is 2.61. The van der Waals surface area contributed by atoms with Crippen molar-refractivity contribution in [1.29, 1.82) is 0 Å². The van der Waals surface area contributed by atoms with E-state index in [1.807, 2.05) is 20.0 Å². The average molecular weight is 266 g/mol. The molecule has 0 saturated carbocycles. The molecule has 0 atom stereocenters. The predicted octanol–water partition coefficient (Wildman–Crippen LogP) is 2.03. The van der Waals surface area contributed by atoms with Crippen LogP contribution in [0.3, 0.4) is 0 Å². The molecule has 0 spiro atoms. The normalized spacial score (nSPS) is 10.1. The molecule has 0 unspecified atom stereocenters. The lowest BCUT2D eigenvalue weighted by atomic mass is 10.2. The van der Waals surface area contributed by atoms with E-state index in [9.17, 15) is 4.79 Å². The minimum atomic E-state index is 0.00135. The highest BCUT2D eigenvalue weighted by atomic mass is 16.5. The van der Waals surface area contributed by atoms with Gasteiger partial charge in [-0.2, -0.15) is 0 Å². The van der Waals surface area contributed by atoms with Crippen LogP contribution in [0.15, 0.2) is 18.2 Å². The van der Waals surface area contributed by atoms with Gasteiger partial charge in [0.15, 0.2) is 11.5 Å². The average Bonchev–Trinajstić information content (AvgIpc) is 2.41. The first-order valence-electron chi connectivity index (χ1n) is 6.46. The highest BCUT2D eigenvalue weighted by Gasteiger charge is 2.07. The summed E-state index contributed by atoms with van der Waals surface area (Å²) in [6.45, 7) is 3.32. The molecule has 5 heteroatoms. The minimum absolute atomic E-state index is 0.00135. The van der Waals surface area contributed by atoms with Crippen molar-refractivity contribution in [3.05, 3.63) is 18.2 Å². The monoisotopic (exact) mass is 266 g/mol. The number of carbonyl (C=O) groups is 1. The summed E-state index contributed by atoms with van der Waals surface area (Å²) in [5.41, 5.74) is 0.717. The summed E-state index contributed by atoms with van der Waals surface area (Å²) >= 11 is 0. The number of methoxy groups -OCH3 is 1.